The fourth-order valence-electron chi connectivity index (χ4n) is 7.94. The monoisotopic (exact) mass is 756 g/mol. The number of nitrogens with zero attached hydrogens (tertiary/aromatic N) is 4. The minimum atomic E-state index is -5.77. The van der Waals surface area contributed by atoms with Gasteiger partial charge in [0.1, 0.15) is 0 Å². The van der Waals surface area contributed by atoms with Crippen LogP contribution >= 0.6 is 0 Å². The molecule has 0 unspecified atom stereocenters. The van der Waals surface area contributed by atoms with Crippen molar-refractivity contribution in [1.29, 1.82) is 0 Å². The van der Waals surface area contributed by atoms with E-state index in [2.05, 4.69) is 27.1 Å². The van der Waals surface area contributed by atoms with E-state index in [0.29, 0.717) is 28.5 Å². The summed E-state index contributed by atoms with van der Waals surface area (Å²) in [5.74, 6) is 0.704. The van der Waals surface area contributed by atoms with Gasteiger partial charge < -0.3 is 4.57 Å². The van der Waals surface area contributed by atoms with Crippen molar-refractivity contribution >= 4 is 21.8 Å². The molecule has 2 heterocycles. The minimum absolute atomic E-state index is 0.0976. The Morgan fingerprint density at radius 2 is 0.786 bits per heavy atom. The second-order valence-corrected chi connectivity index (χ2v) is 14.2. The molecule has 8 aromatic rings. The van der Waals surface area contributed by atoms with E-state index in [0.717, 1.165) is 68.3 Å². The molecule has 0 amide bonds. The molecule has 0 radical (unpaired) electrons. The van der Waals surface area contributed by atoms with Crippen LogP contribution in [-0.2, 0) is 5.41 Å². The summed E-state index contributed by atoms with van der Waals surface area (Å²) >= 11 is 0. The largest absolute Gasteiger partial charge is 0.411 e. The van der Waals surface area contributed by atoms with E-state index in [9.17, 15) is 0 Å². The van der Waals surface area contributed by atoms with Crippen LogP contribution in [-0.4, -0.2) is 31.9 Å². The van der Waals surface area contributed by atoms with Crippen LogP contribution in [0.5, 0.6) is 0 Å². The van der Waals surface area contributed by atoms with Crippen molar-refractivity contribution < 1.29 is 26.3 Å². The number of fused-ring (bicyclic) bond motifs is 3. The number of rotatable bonds is 6. The van der Waals surface area contributed by atoms with E-state index in [-0.39, 0.29) is 11.4 Å². The highest BCUT2D eigenvalue weighted by Crippen LogP contribution is 2.56. The van der Waals surface area contributed by atoms with Crippen LogP contribution in [0.2, 0.25) is 0 Å². The molecule has 6 aromatic carbocycles. The lowest BCUT2D eigenvalue weighted by Gasteiger charge is -2.38. The second kappa shape index (κ2) is 13.5. The highest BCUT2D eigenvalue weighted by atomic mass is 19.4. The molecule has 280 valence electrons. The van der Waals surface area contributed by atoms with Gasteiger partial charge in [-0.2, -0.15) is 26.3 Å². The molecule has 10 heteroatoms. The van der Waals surface area contributed by atoms with Gasteiger partial charge in [0.15, 0.2) is 17.5 Å². The maximum absolute atomic E-state index is 15.4. The van der Waals surface area contributed by atoms with E-state index < -0.39 is 28.9 Å². The van der Waals surface area contributed by atoms with Crippen molar-refractivity contribution in [1.82, 2.24) is 19.5 Å². The number of aromatic nitrogens is 4. The maximum Gasteiger partial charge on any atom is 0.411 e. The van der Waals surface area contributed by atoms with E-state index in [4.69, 9.17) is 0 Å². The average molecular weight is 757 g/mol. The van der Waals surface area contributed by atoms with Gasteiger partial charge in [0.05, 0.1) is 11.0 Å². The minimum Gasteiger partial charge on any atom is -0.309 e. The number of hydrogen-bond donors (Lipinski definition) is 0. The first-order chi connectivity index (χ1) is 26.7. The highest BCUT2D eigenvalue weighted by molar-refractivity contribution is 6.11. The first-order valence-electron chi connectivity index (χ1n) is 17.9. The molecule has 4 nitrogen and oxygen atoms in total. The SMILES string of the molecule is Cc1cc(C)c2c(c1)c1cc(C)cc(C)c1n2-c1ccc(C(c2ccc(-c3nc(-c4ccccc4)nc(-c4ccccc4)n3)cc2)(C(F)(F)F)C(F)(F)F)cc1. The first kappa shape index (κ1) is 36.7. The molecule has 0 saturated carbocycles. The maximum atomic E-state index is 15.4. The molecular formula is C46H34F6N4. The molecule has 0 aliphatic carbocycles. The van der Waals surface area contributed by atoms with Gasteiger partial charge in [0.25, 0.3) is 0 Å². The van der Waals surface area contributed by atoms with Crippen LogP contribution < -0.4 is 0 Å². The van der Waals surface area contributed by atoms with Crippen molar-refractivity contribution in [2.24, 2.45) is 0 Å². The van der Waals surface area contributed by atoms with Crippen molar-refractivity contribution in [3.8, 4) is 39.9 Å². The number of hydrogen-bond acceptors (Lipinski definition) is 3. The summed E-state index contributed by atoms with van der Waals surface area (Å²) in [6.07, 6.45) is -11.5. The lowest BCUT2D eigenvalue weighted by Crippen LogP contribution is -2.54. The summed E-state index contributed by atoms with van der Waals surface area (Å²) in [6, 6.07) is 34.9. The summed E-state index contributed by atoms with van der Waals surface area (Å²) in [5, 5.41) is 1.91. The van der Waals surface area contributed by atoms with Gasteiger partial charge in [-0.3, -0.25) is 0 Å². The van der Waals surface area contributed by atoms with Crippen LogP contribution in [0, 0.1) is 27.7 Å². The zero-order valence-electron chi connectivity index (χ0n) is 30.8. The molecule has 0 bridgehead atoms. The summed E-state index contributed by atoms with van der Waals surface area (Å²) in [5.41, 5.74) is 1.34. The van der Waals surface area contributed by atoms with Gasteiger partial charge in [0, 0.05) is 33.2 Å². The third-order valence-corrected chi connectivity index (χ3v) is 10.3. The Labute approximate surface area is 319 Å². The zero-order chi connectivity index (χ0) is 39.6. The second-order valence-electron chi connectivity index (χ2n) is 14.2. The Morgan fingerprint density at radius 3 is 1.16 bits per heavy atom. The van der Waals surface area contributed by atoms with Gasteiger partial charge in [-0.15, -0.1) is 0 Å². The molecule has 56 heavy (non-hydrogen) atoms. The topological polar surface area (TPSA) is 43.6 Å². The Balaban J connectivity index is 1.27. The van der Waals surface area contributed by atoms with Crippen molar-refractivity contribution in [2.75, 3.05) is 0 Å². The number of aryl methyl sites for hydroxylation is 4. The molecule has 0 saturated heterocycles. The van der Waals surface area contributed by atoms with Crippen molar-refractivity contribution in [3.05, 3.63) is 167 Å². The molecule has 0 aliphatic rings. The molecule has 0 fully saturated rings. The quantitative estimate of drug-likeness (QED) is 0.159. The van der Waals surface area contributed by atoms with E-state index in [1.165, 1.54) is 24.3 Å². The van der Waals surface area contributed by atoms with Crippen LogP contribution in [0.4, 0.5) is 26.3 Å². The standard InChI is InChI=1S/C46H34F6N4/c1-27-23-29(3)39-37(25-27)38-26-28(2)24-30(4)40(38)56(39)36-21-19-35(20-22-36)44(45(47,48)49,46(50,51)52)34-17-15-33(16-18-34)43-54-41(31-11-7-5-8-12-31)53-42(55-43)32-13-9-6-10-14-32/h5-26H,1-4H3. The van der Waals surface area contributed by atoms with Crippen LogP contribution in [0.15, 0.2) is 133 Å². The predicted molar refractivity (Wildman–Crippen MR) is 209 cm³/mol. The van der Waals surface area contributed by atoms with Gasteiger partial charge >= 0.3 is 12.4 Å². The van der Waals surface area contributed by atoms with Crippen LogP contribution in [0.1, 0.15) is 33.4 Å². The lowest BCUT2D eigenvalue weighted by molar-refractivity contribution is -0.288. The summed E-state index contributed by atoms with van der Waals surface area (Å²) in [7, 11) is 0. The molecular weight excluding hydrogens is 723 g/mol. The lowest BCUT2D eigenvalue weighted by atomic mass is 9.72. The van der Waals surface area contributed by atoms with Crippen molar-refractivity contribution in [2.45, 2.75) is 45.5 Å². The summed E-state index contributed by atoms with van der Waals surface area (Å²) < 4.78 is 94.1. The fourth-order valence-corrected chi connectivity index (χ4v) is 7.94. The Kier molecular flexibility index (Phi) is 8.82. The third kappa shape index (κ3) is 6.00. The molecule has 2 aromatic heterocycles. The van der Waals surface area contributed by atoms with E-state index >= 15 is 26.3 Å². The van der Waals surface area contributed by atoms with E-state index in [1.807, 2.05) is 80.8 Å². The van der Waals surface area contributed by atoms with Crippen LogP contribution in [0.25, 0.3) is 61.7 Å². The van der Waals surface area contributed by atoms with Gasteiger partial charge in [-0.25, -0.2) is 15.0 Å². The Bertz CT molecular complexity index is 2600. The Hall–Kier alpha value is -6.29. The normalized spacial score (nSPS) is 12.5. The number of benzene rings is 6. The summed E-state index contributed by atoms with van der Waals surface area (Å²) in [4.78, 5) is 13.8. The fraction of sp³-hybridized carbons (Fsp3) is 0.152. The highest BCUT2D eigenvalue weighted by Gasteiger charge is 2.72. The van der Waals surface area contributed by atoms with E-state index in [1.54, 1.807) is 24.3 Å². The zero-order valence-corrected chi connectivity index (χ0v) is 30.8. The molecule has 0 atom stereocenters. The predicted octanol–water partition coefficient (Wildman–Crippen LogP) is 12.6. The Morgan fingerprint density at radius 1 is 0.429 bits per heavy atom. The van der Waals surface area contributed by atoms with Gasteiger partial charge in [-0.1, -0.05) is 120 Å². The molecule has 0 spiro atoms. The molecule has 8 rings (SSSR count). The summed E-state index contributed by atoms with van der Waals surface area (Å²) in [6.45, 7) is 7.87. The van der Waals surface area contributed by atoms with Crippen molar-refractivity contribution in [3.63, 3.8) is 0 Å². The number of alkyl halides is 6. The molecule has 0 aliphatic heterocycles. The third-order valence-electron chi connectivity index (χ3n) is 10.3. The first-order valence-corrected chi connectivity index (χ1v) is 17.9. The number of halogens is 6. The van der Waals surface area contributed by atoms with Gasteiger partial charge in [0.2, 0.25) is 5.41 Å². The van der Waals surface area contributed by atoms with Gasteiger partial charge in [-0.05, 0) is 74.2 Å². The smallest absolute Gasteiger partial charge is 0.309 e. The van der Waals surface area contributed by atoms with Crippen LogP contribution in [0.3, 0.4) is 0 Å². The molecule has 0 N–H and O–H groups in total. The average Bonchev–Trinajstić information content (AvgIpc) is 3.49.